The maximum Gasteiger partial charge on any atom is 0.309 e. The van der Waals surface area contributed by atoms with E-state index in [1.54, 1.807) is 6.07 Å². The molecule has 0 aromatic heterocycles. The molecule has 5 nitrogen and oxygen atoms in total. The van der Waals surface area contributed by atoms with E-state index in [4.69, 9.17) is 16.3 Å². The number of halogens is 1. The van der Waals surface area contributed by atoms with Gasteiger partial charge in [0, 0.05) is 30.8 Å². The summed E-state index contributed by atoms with van der Waals surface area (Å²) >= 11 is 6.14. The van der Waals surface area contributed by atoms with Gasteiger partial charge in [0.05, 0.1) is 0 Å². The van der Waals surface area contributed by atoms with Crippen molar-refractivity contribution < 1.29 is 14.3 Å². The van der Waals surface area contributed by atoms with Crippen LogP contribution in [-0.4, -0.2) is 32.0 Å². The van der Waals surface area contributed by atoms with Crippen LogP contribution in [0.4, 0.5) is 0 Å². The minimum absolute atomic E-state index is 0.178. The molecule has 1 aromatic carbocycles. The lowest BCUT2D eigenvalue weighted by Crippen LogP contribution is -2.42. The zero-order valence-electron chi connectivity index (χ0n) is 14.5. The van der Waals surface area contributed by atoms with Crippen molar-refractivity contribution in [1.82, 2.24) is 10.6 Å². The van der Waals surface area contributed by atoms with E-state index in [-0.39, 0.29) is 6.54 Å². The number of rotatable bonds is 7. The van der Waals surface area contributed by atoms with Crippen LogP contribution in [0.3, 0.4) is 0 Å². The fourth-order valence-electron chi connectivity index (χ4n) is 2.87. The average Bonchev–Trinajstić information content (AvgIpc) is 2.64. The highest BCUT2D eigenvalue weighted by molar-refractivity contribution is 6.35. The highest BCUT2D eigenvalue weighted by atomic mass is 35.5. The lowest BCUT2D eigenvalue weighted by molar-refractivity contribution is -0.139. The first-order valence-corrected chi connectivity index (χ1v) is 9.00. The summed E-state index contributed by atoms with van der Waals surface area (Å²) in [5, 5.41) is 5.83. The van der Waals surface area contributed by atoms with E-state index in [1.807, 2.05) is 18.2 Å². The molecule has 1 aliphatic rings. The maximum absolute atomic E-state index is 11.9. The van der Waals surface area contributed by atoms with E-state index in [0.29, 0.717) is 11.6 Å². The zero-order valence-corrected chi connectivity index (χ0v) is 15.3. The van der Waals surface area contributed by atoms with Crippen LogP contribution in [-0.2, 0) is 14.3 Å². The van der Waals surface area contributed by atoms with Gasteiger partial charge < -0.3 is 15.4 Å². The van der Waals surface area contributed by atoms with Gasteiger partial charge in [0.1, 0.15) is 6.10 Å². The van der Waals surface area contributed by atoms with Gasteiger partial charge in [-0.1, -0.05) is 41.4 Å². The van der Waals surface area contributed by atoms with Crippen LogP contribution in [0, 0.1) is 0 Å². The van der Waals surface area contributed by atoms with Gasteiger partial charge in [0.25, 0.3) is 0 Å². The van der Waals surface area contributed by atoms with E-state index in [2.05, 4.69) is 16.7 Å². The van der Waals surface area contributed by atoms with Crippen LogP contribution >= 0.6 is 11.6 Å². The Bertz CT molecular complexity index is 631. The van der Waals surface area contributed by atoms with Crippen molar-refractivity contribution in [3.8, 4) is 0 Å². The van der Waals surface area contributed by atoms with Crippen molar-refractivity contribution in [2.75, 3.05) is 20.2 Å². The molecule has 1 aliphatic carbocycles. The molecular weight excluding hydrogens is 340 g/mol. The number of benzene rings is 1. The third-order valence-electron chi connectivity index (χ3n) is 4.31. The largest absolute Gasteiger partial charge is 0.375 e. The summed E-state index contributed by atoms with van der Waals surface area (Å²) in [7, 11) is 1.54. The maximum atomic E-state index is 11.9. The number of hydrogen-bond donors (Lipinski definition) is 2. The molecule has 2 N–H and O–H groups in total. The van der Waals surface area contributed by atoms with Crippen molar-refractivity contribution in [2.24, 2.45) is 0 Å². The molecule has 0 fully saturated rings. The highest BCUT2D eigenvalue weighted by Crippen LogP contribution is 2.24. The Morgan fingerprint density at radius 3 is 2.64 bits per heavy atom. The molecule has 1 unspecified atom stereocenters. The first-order chi connectivity index (χ1) is 12.1. The number of ether oxygens (including phenoxy) is 1. The second kappa shape index (κ2) is 10.2. The Labute approximate surface area is 153 Å². The molecule has 6 heteroatoms. The predicted molar refractivity (Wildman–Crippen MR) is 98.4 cm³/mol. The van der Waals surface area contributed by atoms with Crippen LogP contribution in [0.15, 0.2) is 35.9 Å². The second-order valence-electron chi connectivity index (χ2n) is 6.07. The van der Waals surface area contributed by atoms with Gasteiger partial charge in [0.15, 0.2) is 0 Å². The first-order valence-electron chi connectivity index (χ1n) is 8.63. The third-order valence-corrected chi connectivity index (χ3v) is 4.65. The summed E-state index contributed by atoms with van der Waals surface area (Å²) in [6.45, 7) is 0.661. The van der Waals surface area contributed by atoms with E-state index in [1.165, 1.54) is 25.5 Å². The average molecular weight is 365 g/mol. The highest BCUT2D eigenvalue weighted by Gasteiger charge is 2.18. The van der Waals surface area contributed by atoms with Crippen molar-refractivity contribution in [2.45, 2.75) is 38.2 Å². The number of carbonyl (C=O) groups is 2. The minimum atomic E-state index is -0.660. The molecule has 0 saturated heterocycles. The monoisotopic (exact) mass is 364 g/mol. The molecule has 0 saturated carbocycles. The van der Waals surface area contributed by atoms with Crippen LogP contribution in [0.1, 0.15) is 43.8 Å². The number of carbonyl (C=O) groups excluding carboxylic acids is 2. The second-order valence-corrected chi connectivity index (χ2v) is 6.48. The summed E-state index contributed by atoms with van der Waals surface area (Å²) in [4.78, 5) is 23.8. The lowest BCUT2D eigenvalue weighted by Gasteiger charge is -2.17. The number of nitrogens with one attached hydrogen (secondary N) is 2. The van der Waals surface area contributed by atoms with Crippen LogP contribution in [0.25, 0.3) is 0 Å². The SMILES string of the molecule is COC(CNC(=O)C(=O)NCCC1=CCCCC1)c1ccccc1Cl. The molecule has 0 spiro atoms. The Kier molecular flexibility index (Phi) is 7.95. The van der Waals surface area contributed by atoms with E-state index >= 15 is 0 Å². The van der Waals surface area contributed by atoms with E-state index < -0.39 is 17.9 Å². The Balaban J connectivity index is 1.75. The van der Waals surface area contributed by atoms with Crippen LogP contribution in [0.5, 0.6) is 0 Å². The fourth-order valence-corrected chi connectivity index (χ4v) is 3.13. The summed E-state index contributed by atoms with van der Waals surface area (Å²) < 4.78 is 5.37. The molecular formula is C19H25ClN2O3. The van der Waals surface area contributed by atoms with Crippen LogP contribution < -0.4 is 10.6 Å². The molecule has 1 aromatic rings. The van der Waals surface area contributed by atoms with Crippen molar-refractivity contribution in [3.05, 3.63) is 46.5 Å². The molecule has 25 heavy (non-hydrogen) atoms. The van der Waals surface area contributed by atoms with Gasteiger partial charge in [0.2, 0.25) is 0 Å². The normalized spacial score (nSPS) is 15.2. The number of methoxy groups -OCH3 is 1. The summed E-state index contributed by atoms with van der Waals surface area (Å²) in [5.41, 5.74) is 2.14. The molecule has 0 aliphatic heterocycles. The molecule has 2 amide bonds. The standard InChI is InChI=1S/C19H25ClN2O3/c1-25-17(15-9-5-6-10-16(15)20)13-22-19(24)18(23)21-12-11-14-7-3-2-4-8-14/h5-7,9-10,17H,2-4,8,11-13H2,1H3,(H,21,23)(H,22,24). The van der Waals surface area contributed by atoms with Gasteiger partial charge in [-0.25, -0.2) is 0 Å². The van der Waals surface area contributed by atoms with E-state index in [9.17, 15) is 9.59 Å². The van der Waals surface area contributed by atoms with E-state index in [0.717, 1.165) is 24.8 Å². The molecule has 0 radical (unpaired) electrons. The van der Waals surface area contributed by atoms with Gasteiger partial charge in [-0.05, 0) is 38.2 Å². The summed E-state index contributed by atoms with van der Waals surface area (Å²) in [5.74, 6) is -1.28. The quantitative estimate of drug-likeness (QED) is 0.577. The minimum Gasteiger partial charge on any atom is -0.375 e. The summed E-state index contributed by atoms with van der Waals surface area (Å²) in [6.07, 6.45) is 7.30. The Hall–Kier alpha value is -1.85. The molecule has 1 atom stereocenters. The van der Waals surface area contributed by atoms with Crippen molar-refractivity contribution in [1.29, 1.82) is 0 Å². The van der Waals surface area contributed by atoms with Gasteiger partial charge in [-0.2, -0.15) is 0 Å². The van der Waals surface area contributed by atoms with Gasteiger partial charge >= 0.3 is 11.8 Å². The van der Waals surface area contributed by atoms with Gasteiger partial charge in [-0.15, -0.1) is 0 Å². The topological polar surface area (TPSA) is 67.4 Å². The third kappa shape index (κ3) is 6.18. The van der Waals surface area contributed by atoms with Crippen molar-refractivity contribution >= 4 is 23.4 Å². The zero-order chi connectivity index (χ0) is 18.1. The molecule has 136 valence electrons. The molecule has 2 rings (SSSR count). The van der Waals surface area contributed by atoms with Gasteiger partial charge in [-0.3, -0.25) is 9.59 Å². The Morgan fingerprint density at radius 1 is 1.20 bits per heavy atom. The fraction of sp³-hybridized carbons (Fsp3) is 0.474. The number of allylic oxidation sites excluding steroid dienone is 1. The van der Waals surface area contributed by atoms with Crippen molar-refractivity contribution in [3.63, 3.8) is 0 Å². The predicted octanol–water partition coefficient (Wildman–Crippen LogP) is 3.15. The Morgan fingerprint density at radius 2 is 1.96 bits per heavy atom. The van der Waals surface area contributed by atoms with Crippen LogP contribution in [0.2, 0.25) is 5.02 Å². The molecule has 0 bridgehead atoms. The lowest BCUT2D eigenvalue weighted by atomic mass is 9.97. The number of amides is 2. The summed E-state index contributed by atoms with van der Waals surface area (Å²) in [6, 6.07) is 7.27. The smallest absolute Gasteiger partial charge is 0.309 e. The first kappa shape index (κ1) is 19.5. The number of hydrogen-bond acceptors (Lipinski definition) is 3. The molecule has 0 heterocycles.